The van der Waals surface area contributed by atoms with E-state index in [0.29, 0.717) is 6.04 Å². The molecule has 1 heterocycles. The second kappa shape index (κ2) is 4.62. The Bertz CT molecular complexity index is 577. The molecule has 94 valence electrons. The molecule has 0 aliphatic carbocycles. The summed E-state index contributed by atoms with van der Waals surface area (Å²) in [6.07, 6.45) is 2.30. The minimum Gasteiger partial charge on any atom is -0.496 e. The fourth-order valence-corrected chi connectivity index (χ4v) is 2.89. The van der Waals surface area contributed by atoms with Crippen molar-refractivity contribution in [1.29, 1.82) is 0 Å². The van der Waals surface area contributed by atoms with Gasteiger partial charge in [-0.25, -0.2) is 0 Å². The lowest BCUT2D eigenvalue weighted by Gasteiger charge is -2.27. The molecule has 1 N–H and O–H groups in total. The molecule has 0 amide bonds. The van der Waals surface area contributed by atoms with E-state index in [1.807, 2.05) is 0 Å². The Hall–Kier alpha value is -1.54. The lowest BCUT2D eigenvalue weighted by molar-refractivity contribution is 0.416. The Morgan fingerprint density at radius 2 is 2.06 bits per heavy atom. The van der Waals surface area contributed by atoms with Gasteiger partial charge < -0.3 is 10.1 Å². The minimum absolute atomic E-state index is 0.606. The van der Waals surface area contributed by atoms with Gasteiger partial charge in [-0.2, -0.15) is 0 Å². The zero-order valence-electron chi connectivity index (χ0n) is 11.0. The molecule has 2 aromatic carbocycles. The smallest absolute Gasteiger partial charge is 0.127 e. The highest BCUT2D eigenvalue weighted by molar-refractivity contribution is 5.92. The molecule has 2 aromatic rings. The van der Waals surface area contributed by atoms with Crippen molar-refractivity contribution in [2.24, 2.45) is 0 Å². The van der Waals surface area contributed by atoms with Gasteiger partial charge in [0.15, 0.2) is 0 Å². The Labute approximate surface area is 108 Å². The summed E-state index contributed by atoms with van der Waals surface area (Å²) in [6, 6.07) is 11.4. The summed E-state index contributed by atoms with van der Waals surface area (Å²) in [5.41, 5.74) is 2.88. The molecule has 0 aromatic heterocycles. The van der Waals surface area contributed by atoms with Gasteiger partial charge in [0.25, 0.3) is 0 Å². The predicted octanol–water partition coefficient (Wildman–Crippen LogP) is 3.27. The van der Waals surface area contributed by atoms with Gasteiger partial charge in [0.05, 0.1) is 7.11 Å². The van der Waals surface area contributed by atoms with Crippen LogP contribution in [0.25, 0.3) is 10.8 Å². The van der Waals surface area contributed by atoms with Crippen molar-refractivity contribution in [3.8, 4) is 5.75 Å². The number of ether oxygens (including phenoxy) is 1. The van der Waals surface area contributed by atoms with Crippen molar-refractivity contribution in [2.45, 2.75) is 32.4 Å². The van der Waals surface area contributed by atoms with Gasteiger partial charge in [-0.1, -0.05) is 31.2 Å². The van der Waals surface area contributed by atoms with Crippen LogP contribution in [0.2, 0.25) is 0 Å². The molecule has 2 nitrogen and oxygen atoms in total. The average Bonchev–Trinajstić information content (AvgIpc) is 2.45. The molecule has 2 heteroatoms. The zero-order chi connectivity index (χ0) is 12.5. The molecule has 3 rings (SSSR count). The maximum absolute atomic E-state index is 5.52. The van der Waals surface area contributed by atoms with Gasteiger partial charge in [-0.15, -0.1) is 0 Å². The first-order chi connectivity index (χ1) is 8.83. The third-order valence-corrected chi connectivity index (χ3v) is 3.96. The van der Waals surface area contributed by atoms with E-state index in [0.717, 1.165) is 18.7 Å². The first kappa shape index (κ1) is 11.5. The van der Waals surface area contributed by atoms with Crippen LogP contribution in [-0.4, -0.2) is 13.2 Å². The van der Waals surface area contributed by atoms with Crippen LogP contribution >= 0.6 is 0 Å². The van der Waals surface area contributed by atoms with Crippen LogP contribution in [0, 0.1) is 0 Å². The molecule has 1 atom stereocenters. The van der Waals surface area contributed by atoms with Crippen LogP contribution in [0.15, 0.2) is 30.3 Å². The third kappa shape index (κ3) is 1.77. The van der Waals surface area contributed by atoms with Crippen LogP contribution in [0.5, 0.6) is 5.75 Å². The van der Waals surface area contributed by atoms with E-state index in [2.05, 4.69) is 42.6 Å². The maximum Gasteiger partial charge on any atom is 0.127 e. The number of rotatable bonds is 2. The number of benzene rings is 2. The lowest BCUT2D eigenvalue weighted by Crippen LogP contribution is -2.35. The Balaban J connectivity index is 2.22. The summed E-state index contributed by atoms with van der Waals surface area (Å²) in [7, 11) is 1.75. The van der Waals surface area contributed by atoms with Gasteiger partial charge in [-0.3, -0.25) is 0 Å². The summed E-state index contributed by atoms with van der Waals surface area (Å²) >= 11 is 0. The molecule has 0 radical (unpaired) electrons. The van der Waals surface area contributed by atoms with Crippen molar-refractivity contribution in [3.63, 3.8) is 0 Å². The van der Waals surface area contributed by atoms with Crippen LogP contribution in [0.3, 0.4) is 0 Å². The minimum atomic E-state index is 0.606. The van der Waals surface area contributed by atoms with Crippen molar-refractivity contribution in [3.05, 3.63) is 41.5 Å². The lowest BCUT2D eigenvalue weighted by atomic mass is 9.89. The number of hydrogen-bond acceptors (Lipinski definition) is 2. The summed E-state index contributed by atoms with van der Waals surface area (Å²) in [4.78, 5) is 0. The average molecular weight is 241 g/mol. The number of nitrogens with one attached hydrogen (secondary N) is 1. The molecular formula is C16H19NO. The largest absolute Gasteiger partial charge is 0.496 e. The number of fused-ring (bicyclic) bond motifs is 3. The van der Waals surface area contributed by atoms with Crippen molar-refractivity contribution < 1.29 is 4.74 Å². The molecule has 1 aliphatic heterocycles. The van der Waals surface area contributed by atoms with Crippen LogP contribution in [-0.2, 0) is 13.0 Å². The SMILES string of the molecule is CCC1Cc2c(cc(OC)c3ccccc23)CN1. The molecular weight excluding hydrogens is 222 g/mol. The summed E-state index contributed by atoms with van der Waals surface area (Å²) in [5.74, 6) is 0.987. The quantitative estimate of drug-likeness (QED) is 0.871. The Morgan fingerprint density at radius 1 is 1.28 bits per heavy atom. The first-order valence-electron chi connectivity index (χ1n) is 6.64. The third-order valence-electron chi connectivity index (χ3n) is 3.96. The monoisotopic (exact) mass is 241 g/mol. The Morgan fingerprint density at radius 3 is 2.78 bits per heavy atom. The zero-order valence-corrected chi connectivity index (χ0v) is 11.0. The van der Waals surface area contributed by atoms with Gasteiger partial charge in [0, 0.05) is 18.0 Å². The van der Waals surface area contributed by atoms with E-state index in [-0.39, 0.29) is 0 Å². The molecule has 0 saturated heterocycles. The molecule has 0 spiro atoms. The van der Waals surface area contributed by atoms with E-state index < -0.39 is 0 Å². The van der Waals surface area contributed by atoms with Crippen LogP contribution < -0.4 is 10.1 Å². The van der Waals surface area contributed by atoms with E-state index in [9.17, 15) is 0 Å². The maximum atomic E-state index is 5.52. The van der Waals surface area contributed by atoms with E-state index in [4.69, 9.17) is 4.74 Å². The van der Waals surface area contributed by atoms with Crippen molar-refractivity contribution in [2.75, 3.05) is 7.11 Å². The van der Waals surface area contributed by atoms with Gasteiger partial charge in [0.1, 0.15) is 5.75 Å². The highest BCUT2D eigenvalue weighted by Crippen LogP contribution is 2.34. The van der Waals surface area contributed by atoms with Gasteiger partial charge >= 0.3 is 0 Å². The highest BCUT2D eigenvalue weighted by atomic mass is 16.5. The predicted molar refractivity (Wildman–Crippen MR) is 75.1 cm³/mol. The molecule has 18 heavy (non-hydrogen) atoms. The van der Waals surface area contributed by atoms with E-state index in [1.165, 1.54) is 28.3 Å². The Kier molecular flexibility index (Phi) is 2.96. The van der Waals surface area contributed by atoms with E-state index >= 15 is 0 Å². The van der Waals surface area contributed by atoms with E-state index in [1.54, 1.807) is 7.11 Å². The summed E-state index contributed by atoms with van der Waals surface area (Å²) in [6.45, 7) is 3.20. The number of methoxy groups -OCH3 is 1. The van der Waals surface area contributed by atoms with Crippen molar-refractivity contribution >= 4 is 10.8 Å². The second-order valence-electron chi connectivity index (χ2n) is 4.95. The fraction of sp³-hybridized carbons (Fsp3) is 0.375. The summed E-state index contributed by atoms with van der Waals surface area (Å²) in [5, 5.41) is 6.17. The molecule has 0 fully saturated rings. The van der Waals surface area contributed by atoms with Crippen LogP contribution in [0.1, 0.15) is 24.5 Å². The molecule has 0 saturated carbocycles. The highest BCUT2D eigenvalue weighted by Gasteiger charge is 2.20. The number of hydrogen-bond donors (Lipinski definition) is 1. The van der Waals surface area contributed by atoms with Gasteiger partial charge in [0.2, 0.25) is 0 Å². The standard InChI is InChI=1S/C16H19NO/c1-3-12-9-15-11(10-17-12)8-16(18-2)14-7-5-4-6-13(14)15/h4-8,12,17H,3,9-10H2,1-2H3. The molecule has 0 bridgehead atoms. The topological polar surface area (TPSA) is 21.3 Å². The molecule has 1 unspecified atom stereocenters. The summed E-state index contributed by atoms with van der Waals surface area (Å²) < 4.78 is 5.52. The first-order valence-corrected chi connectivity index (χ1v) is 6.64. The second-order valence-corrected chi connectivity index (χ2v) is 4.95. The van der Waals surface area contributed by atoms with Crippen LogP contribution in [0.4, 0.5) is 0 Å². The molecule has 1 aliphatic rings. The fourth-order valence-electron chi connectivity index (χ4n) is 2.89. The van der Waals surface area contributed by atoms with Gasteiger partial charge in [-0.05, 0) is 35.4 Å². The normalized spacial score (nSPS) is 18.7. The van der Waals surface area contributed by atoms with Crippen molar-refractivity contribution in [1.82, 2.24) is 5.32 Å².